The van der Waals surface area contributed by atoms with Crippen molar-refractivity contribution in [2.75, 3.05) is 18.9 Å². The van der Waals surface area contributed by atoms with Crippen molar-refractivity contribution in [3.05, 3.63) is 39.9 Å². The predicted octanol–water partition coefficient (Wildman–Crippen LogP) is 1.51. The Morgan fingerprint density at radius 3 is 2.21 bits per heavy atom. The summed E-state index contributed by atoms with van der Waals surface area (Å²) in [6.07, 6.45) is 0. The molecule has 2 aromatic rings. The van der Waals surface area contributed by atoms with Crippen molar-refractivity contribution in [1.29, 1.82) is 0 Å². The van der Waals surface area contributed by atoms with Gasteiger partial charge in [0.2, 0.25) is 17.7 Å². The number of hydrogen-bond acceptors (Lipinski definition) is 8. The third kappa shape index (κ3) is 3.68. The van der Waals surface area contributed by atoms with Crippen molar-refractivity contribution in [2.24, 2.45) is 0 Å². The zero-order valence-corrected chi connectivity index (χ0v) is 13.8. The first-order valence-electron chi connectivity index (χ1n) is 6.51. The Kier molecular flexibility index (Phi) is 4.83. The summed E-state index contributed by atoms with van der Waals surface area (Å²) in [5.41, 5.74) is 0.0419. The number of nitrogens with zero attached hydrogens (tertiary/aromatic N) is 3. The van der Waals surface area contributed by atoms with Crippen molar-refractivity contribution >= 4 is 21.7 Å². The number of ether oxygens (including phenoxy) is 2. The van der Waals surface area contributed by atoms with Crippen LogP contribution in [0.25, 0.3) is 0 Å². The lowest BCUT2D eigenvalue weighted by molar-refractivity contribution is -0.385. The van der Waals surface area contributed by atoms with Gasteiger partial charge in [-0.25, -0.2) is 13.1 Å². The van der Waals surface area contributed by atoms with Crippen LogP contribution in [-0.2, 0) is 10.0 Å². The van der Waals surface area contributed by atoms with E-state index in [4.69, 9.17) is 9.47 Å². The molecule has 1 heterocycles. The van der Waals surface area contributed by atoms with E-state index in [0.29, 0.717) is 5.56 Å². The third-order valence-corrected chi connectivity index (χ3v) is 4.34. The molecule has 0 aliphatic rings. The number of aromatic nitrogens is 2. The van der Waals surface area contributed by atoms with Crippen LogP contribution in [-0.4, -0.2) is 37.5 Å². The van der Waals surface area contributed by atoms with Crippen LogP contribution in [0.3, 0.4) is 0 Å². The maximum absolute atomic E-state index is 12.4. The van der Waals surface area contributed by atoms with E-state index in [1.807, 2.05) is 0 Å². The summed E-state index contributed by atoms with van der Waals surface area (Å²) < 4.78 is 36.8. The Morgan fingerprint density at radius 1 is 1.12 bits per heavy atom. The molecule has 10 nitrogen and oxygen atoms in total. The summed E-state index contributed by atoms with van der Waals surface area (Å²) in [5.74, 6) is -0.0988. The molecule has 2 rings (SSSR count). The van der Waals surface area contributed by atoms with Crippen LogP contribution in [0, 0.1) is 17.0 Å². The molecule has 1 aromatic heterocycles. The lowest BCUT2D eigenvalue weighted by Gasteiger charge is -2.09. The molecular weight excluding hydrogens is 340 g/mol. The maximum Gasteiger partial charge on any atom is 0.273 e. The molecule has 0 radical (unpaired) electrons. The van der Waals surface area contributed by atoms with E-state index < -0.39 is 14.9 Å². The SMILES string of the molecule is COc1cc(OC)nc(NS(=O)(=O)c2ccc(C)c([N+](=O)[O-])c2)n1. The van der Waals surface area contributed by atoms with Crippen LogP contribution < -0.4 is 14.2 Å². The zero-order valence-electron chi connectivity index (χ0n) is 13.0. The smallest absolute Gasteiger partial charge is 0.273 e. The van der Waals surface area contributed by atoms with Crippen LogP contribution in [0.5, 0.6) is 11.8 Å². The van der Waals surface area contributed by atoms with Gasteiger partial charge in [-0.15, -0.1) is 0 Å². The predicted molar refractivity (Wildman–Crippen MR) is 83.8 cm³/mol. The Balaban J connectivity index is 2.42. The Labute approximate surface area is 137 Å². The minimum Gasteiger partial charge on any atom is -0.481 e. The molecule has 24 heavy (non-hydrogen) atoms. The average molecular weight is 354 g/mol. The Bertz CT molecular complexity index is 862. The van der Waals surface area contributed by atoms with Gasteiger partial charge in [-0.05, 0) is 13.0 Å². The van der Waals surface area contributed by atoms with Gasteiger partial charge in [-0.1, -0.05) is 6.07 Å². The number of benzene rings is 1. The van der Waals surface area contributed by atoms with Gasteiger partial charge in [0, 0.05) is 11.6 Å². The minimum atomic E-state index is -4.13. The molecule has 0 bridgehead atoms. The number of nitro groups is 1. The summed E-state index contributed by atoms with van der Waals surface area (Å²) in [6, 6.07) is 4.94. The first kappa shape index (κ1) is 17.4. The molecular formula is C13H14N4O6S. The first-order chi connectivity index (χ1) is 11.3. The van der Waals surface area contributed by atoms with Crippen molar-refractivity contribution < 1.29 is 22.8 Å². The molecule has 0 spiro atoms. The number of anilines is 1. The lowest BCUT2D eigenvalue weighted by Crippen LogP contribution is -2.16. The van der Waals surface area contributed by atoms with Gasteiger partial charge in [-0.2, -0.15) is 9.97 Å². The van der Waals surface area contributed by atoms with E-state index in [1.165, 1.54) is 39.3 Å². The first-order valence-corrected chi connectivity index (χ1v) is 8.00. The molecule has 0 saturated carbocycles. The summed E-state index contributed by atoms with van der Waals surface area (Å²) in [5, 5.41) is 11.0. The number of methoxy groups -OCH3 is 2. The van der Waals surface area contributed by atoms with Gasteiger partial charge in [-0.3, -0.25) is 10.1 Å². The fraction of sp³-hybridized carbons (Fsp3) is 0.231. The standard InChI is InChI=1S/C13H14N4O6S/c1-8-4-5-9(6-10(8)17(18)19)24(20,21)16-13-14-11(22-2)7-12(15-13)23-3/h4-7H,1-3H3,(H,14,15,16). The summed E-state index contributed by atoms with van der Waals surface area (Å²) in [7, 11) is -1.43. The van der Waals surface area contributed by atoms with Crippen LogP contribution in [0.15, 0.2) is 29.2 Å². The summed E-state index contributed by atoms with van der Waals surface area (Å²) >= 11 is 0. The lowest BCUT2D eigenvalue weighted by atomic mass is 10.2. The van der Waals surface area contributed by atoms with Gasteiger partial charge in [0.15, 0.2) is 0 Å². The molecule has 0 saturated heterocycles. The second-order valence-electron chi connectivity index (χ2n) is 4.59. The van der Waals surface area contributed by atoms with E-state index in [-0.39, 0.29) is 28.3 Å². The topological polar surface area (TPSA) is 134 Å². The highest BCUT2D eigenvalue weighted by atomic mass is 32.2. The summed E-state index contributed by atoms with van der Waals surface area (Å²) in [6.45, 7) is 1.51. The van der Waals surface area contributed by atoms with Gasteiger partial charge in [0.25, 0.3) is 15.7 Å². The van der Waals surface area contributed by atoms with E-state index >= 15 is 0 Å². The van der Waals surface area contributed by atoms with E-state index in [1.54, 1.807) is 0 Å². The van der Waals surface area contributed by atoms with Gasteiger partial charge >= 0.3 is 0 Å². The van der Waals surface area contributed by atoms with Crippen molar-refractivity contribution in [1.82, 2.24) is 9.97 Å². The molecule has 0 amide bonds. The van der Waals surface area contributed by atoms with Crippen molar-refractivity contribution in [3.63, 3.8) is 0 Å². The minimum absolute atomic E-state index is 0.0921. The van der Waals surface area contributed by atoms with E-state index in [9.17, 15) is 18.5 Å². The molecule has 1 aromatic carbocycles. The number of nitrogens with one attached hydrogen (secondary N) is 1. The summed E-state index contributed by atoms with van der Waals surface area (Å²) in [4.78, 5) is 17.7. The number of nitro benzene ring substituents is 1. The third-order valence-electron chi connectivity index (χ3n) is 3.01. The molecule has 0 fully saturated rings. The molecule has 1 N–H and O–H groups in total. The number of hydrogen-bond donors (Lipinski definition) is 1. The van der Waals surface area contributed by atoms with Gasteiger partial charge in [0.1, 0.15) is 0 Å². The van der Waals surface area contributed by atoms with Crippen molar-refractivity contribution in [2.45, 2.75) is 11.8 Å². The van der Waals surface area contributed by atoms with Gasteiger partial charge < -0.3 is 9.47 Å². The molecule has 0 unspecified atom stereocenters. The highest BCUT2D eigenvalue weighted by Gasteiger charge is 2.21. The molecule has 11 heteroatoms. The highest BCUT2D eigenvalue weighted by Crippen LogP contribution is 2.24. The largest absolute Gasteiger partial charge is 0.481 e. The van der Waals surface area contributed by atoms with Gasteiger partial charge in [0.05, 0.1) is 30.1 Å². The zero-order chi connectivity index (χ0) is 17.9. The number of sulfonamides is 1. The molecule has 0 atom stereocenters. The van der Waals surface area contributed by atoms with Crippen LogP contribution >= 0.6 is 0 Å². The van der Waals surface area contributed by atoms with E-state index in [0.717, 1.165) is 6.07 Å². The molecule has 128 valence electrons. The monoisotopic (exact) mass is 354 g/mol. The number of aryl methyl sites for hydroxylation is 1. The normalized spacial score (nSPS) is 11.0. The van der Waals surface area contributed by atoms with Crippen LogP contribution in [0.4, 0.5) is 11.6 Å². The molecule has 0 aliphatic heterocycles. The second kappa shape index (κ2) is 6.66. The fourth-order valence-electron chi connectivity index (χ4n) is 1.79. The Hall–Kier alpha value is -2.95. The number of rotatable bonds is 6. The van der Waals surface area contributed by atoms with Crippen molar-refractivity contribution in [3.8, 4) is 11.8 Å². The molecule has 0 aliphatic carbocycles. The fourth-order valence-corrected chi connectivity index (χ4v) is 2.75. The van der Waals surface area contributed by atoms with E-state index in [2.05, 4.69) is 14.7 Å². The average Bonchev–Trinajstić information content (AvgIpc) is 2.53. The highest BCUT2D eigenvalue weighted by molar-refractivity contribution is 7.92. The maximum atomic E-state index is 12.4. The Morgan fingerprint density at radius 2 is 1.71 bits per heavy atom. The second-order valence-corrected chi connectivity index (χ2v) is 6.27. The van der Waals surface area contributed by atoms with Crippen LogP contribution in [0.2, 0.25) is 0 Å². The quantitative estimate of drug-likeness (QED) is 0.609. The van der Waals surface area contributed by atoms with Crippen LogP contribution in [0.1, 0.15) is 5.56 Å².